The standard InChI is InChI=1S/C18H21N3O3S/c1-18(2,3)24-17(23)20-13-10-25-14-6-5-11-9-19-8-7-12(11)15(14)21(4)16(13)22/h5-9,13H,10H2,1-4H3,(H,20,23). The summed E-state index contributed by atoms with van der Waals surface area (Å²) in [4.78, 5) is 31.7. The van der Waals surface area contributed by atoms with E-state index in [1.807, 2.05) is 18.2 Å². The number of carbonyl (C=O) groups is 2. The molecule has 3 rings (SSSR count). The van der Waals surface area contributed by atoms with Gasteiger partial charge in [0.1, 0.15) is 11.6 Å². The van der Waals surface area contributed by atoms with Crippen molar-refractivity contribution in [1.29, 1.82) is 0 Å². The van der Waals surface area contributed by atoms with E-state index in [9.17, 15) is 9.59 Å². The topological polar surface area (TPSA) is 71.5 Å². The average Bonchev–Trinajstić information content (AvgIpc) is 2.65. The lowest BCUT2D eigenvalue weighted by Gasteiger charge is -2.24. The van der Waals surface area contributed by atoms with Gasteiger partial charge in [-0.15, -0.1) is 11.8 Å². The fraction of sp³-hybridized carbons (Fsp3) is 0.389. The summed E-state index contributed by atoms with van der Waals surface area (Å²) in [7, 11) is 1.73. The van der Waals surface area contributed by atoms with Gasteiger partial charge in [0.25, 0.3) is 0 Å². The molecule has 6 nitrogen and oxygen atoms in total. The number of alkyl carbamates (subject to hydrolysis) is 1. The van der Waals surface area contributed by atoms with Crippen molar-refractivity contribution < 1.29 is 14.3 Å². The minimum atomic E-state index is -0.644. The Morgan fingerprint density at radius 3 is 2.84 bits per heavy atom. The van der Waals surface area contributed by atoms with Crippen LogP contribution in [0.4, 0.5) is 10.5 Å². The van der Waals surface area contributed by atoms with Gasteiger partial charge in [0, 0.05) is 40.9 Å². The van der Waals surface area contributed by atoms with Crippen LogP contribution in [0.1, 0.15) is 20.8 Å². The SMILES string of the molecule is CN1C(=O)C(NC(=O)OC(C)(C)C)CSc2ccc3cnccc3c21. The Bertz CT molecular complexity index is 832. The second kappa shape index (κ2) is 6.55. The highest BCUT2D eigenvalue weighted by atomic mass is 32.2. The number of carbonyl (C=O) groups excluding carboxylic acids is 2. The Morgan fingerprint density at radius 2 is 2.12 bits per heavy atom. The summed E-state index contributed by atoms with van der Waals surface area (Å²) in [5.41, 5.74) is 0.242. The number of aromatic nitrogens is 1. The first-order chi connectivity index (χ1) is 11.8. The quantitative estimate of drug-likeness (QED) is 0.847. The maximum atomic E-state index is 12.9. The number of hydrogen-bond donors (Lipinski definition) is 1. The third-order valence-electron chi connectivity index (χ3n) is 3.82. The summed E-state index contributed by atoms with van der Waals surface area (Å²) in [5, 5.41) is 4.63. The maximum Gasteiger partial charge on any atom is 0.408 e. The number of likely N-dealkylation sites (N-methyl/N-ethyl adjacent to an activating group) is 1. The molecule has 1 aromatic carbocycles. The minimum absolute atomic E-state index is 0.165. The van der Waals surface area contributed by atoms with Gasteiger partial charge in [-0.05, 0) is 32.9 Å². The molecule has 1 atom stereocenters. The van der Waals surface area contributed by atoms with E-state index in [2.05, 4.69) is 10.3 Å². The molecule has 2 amide bonds. The van der Waals surface area contributed by atoms with Crippen LogP contribution in [0.5, 0.6) is 0 Å². The zero-order valence-corrected chi connectivity index (χ0v) is 15.5. The molecule has 0 saturated heterocycles. The van der Waals surface area contributed by atoms with E-state index >= 15 is 0 Å². The molecular formula is C18H21N3O3S. The predicted octanol–water partition coefficient (Wildman–Crippen LogP) is 3.20. The van der Waals surface area contributed by atoms with Gasteiger partial charge in [0.15, 0.2) is 0 Å². The van der Waals surface area contributed by atoms with Crippen molar-refractivity contribution in [2.24, 2.45) is 0 Å². The zero-order chi connectivity index (χ0) is 18.2. The van der Waals surface area contributed by atoms with E-state index in [1.165, 1.54) is 0 Å². The van der Waals surface area contributed by atoms with Crippen molar-refractivity contribution in [3.63, 3.8) is 0 Å². The summed E-state index contributed by atoms with van der Waals surface area (Å²) in [5.74, 6) is 0.285. The third-order valence-corrected chi connectivity index (χ3v) is 4.96. The molecule has 0 fully saturated rings. The van der Waals surface area contributed by atoms with Gasteiger partial charge in [-0.2, -0.15) is 0 Å². The first-order valence-electron chi connectivity index (χ1n) is 8.03. The number of ether oxygens (including phenoxy) is 1. The Labute approximate surface area is 150 Å². The molecule has 25 heavy (non-hydrogen) atoms. The fourth-order valence-corrected chi connectivity index (χ4v) is 3.86. The molecule has 0 saturated carbocycles. The largest absolute Gasteiger partial charge is 0.444 e. The lowest BCUT2D eigenvalue weighted by Crippen LogP contribution is -2.49. The van der Waals surface area contributed by atoms with Crippen LogP contribution < -0.4 is 10.2 Å². The van der Waals surface area contributed by atoms with Gasteiger partial charge in [0.2, 0.25) is 5.91 Å². The number of thioether (sulfide) groups is 1. The highest BCUT2D eigenvalue weighted by Gasteiger charge is 2.32. The molecule has 1 aliphatic heterocycles. The van der Waals surface area contributed by atoms with Crippen molar-refractivity contribution in [3.05, 3.63) is 30.6 Å². The Kier molecular flexibility index (Phi) is 4.60. The lowest BCUT2D eigenvalue weighted by molar-refractivity contribution is -0.119. The fourth-order valence-electron chi connectivity index (χ4n) is 2.74. The smallest absolute Gasteiger partial charge is 0.408 e. The Morgan fingerprint density at radius 1 is 1.36 bits per heavy atom. The summed E-state index contributed by atoms with van der Waals surface area (Å²) in [6.45, 7) is 5.37. The van der Waals surface area contributed by atoms with Crippen molar-refractivity contribution in [2.45, 2.75) is 37.3 Å². The molecule has 0 aliphatic carbocycles. The van der Waals surface area contributed by atoms with E-state index in [4.69, 9.17) is 4.74 Å². The van der Waals surface area contributed by atoms with Gasteiger partial charge < -0.3 is 15.0 Å². The third kappa shape index (κ3) is 3.71. The molecule has 1 aliphatic rings. The normalized spacial score (nSPS) is 17.8. The second-order valence-electron chi connectivity index (χ2n) is 6.92. The number of nitrogens with one attached hydrogen (secondary N) is 1. The average molecular weight is 359 g/mol. The molecule has 0 spiro atoms. The number of amides is 2. The van der Waals surface area contributed by atoms with E-state index in [-0.39, 0.29) is 5.91 Å². The van der Waals surface area contributed by atoms with Crippen LogP contribution in [0.3, 0.4) is 0 Å². The van der Waals surface area contributed by atoms with E-state index in [0.29, 0.717) is 5.75 Å². The predicted molar refractivity (Wildman–Crippen MR) is 99.0 cm³/mol. The number of hydrogen-bond acceptors (Lipinski definition) is 5. The van der Waals surface area contributed by atoms with Gasteiger partial charge in [-0.25, -0.2) is 4.79 Å². The van der Waals surface area contributed by atoms with Gasteiger partial charge in [0.05, 0.1) is 5.69 Å². The molecule has 1 unspecified atom stereocenters. The molecular weight excluding hydrogens is 338 g/mol. The zero-order valence-electron chi connectivity index (χ0n) is 14.7. The summed E-state index contributed by atoms with van der Waals surface area (Å²) >= 11 is 1.55. The van der Waals surface area contributed by atoms with Crippen molar-refractivity contribution in [1.82, 2.24) is 10.3 Å². The van der Waals surface area contributed by atoms with Crippen LogP contribution in [0, 0.1) is 0 Å². The van der Waals surface area contributed by atoms with Crippen LogP contribution >= 0.6 is 11.8 Å². The first-order valence-corrected chi connectivity index (χ1v) is 9.01. The molecule has 2 aromatic rings. The minimum Gasteiger partial charge on any atom is -0.444 e. The summed E-state index contributed by atoms with van der Waals surface area (Å²) in [6, 6.07) is 5.24. The van der Waals surface area contributed by atoms with Crippen LogP contribution in [-0.2, 0) is 9.53 Å². The van der Waals surface area contributed by atoms with Crippen LogP contribution in [0.25, 0.3) is 10.8 Å². The van der Waals surface area contributed by atoms with Crippen molar-refractivity contribution in [2.75, 3.05) is 17.7 Å². The van der Waals surface area contributed by atoms with Gasteiger partial charge in [-0.3, -0.25) is 9.78 Å². The van der Waals surface area contributed by atoms with Gasteiger partial charge >= 0.3 is 6.09 Å². The lowest BCUT2D eigenvalue weighted by atomic mass is 10.1. The maximum absolute atomic E-state index is 12.9. The van der Waals surface area contributed by atoms with Crippen LogP contribution in [0.2, 0.25) is 0 Å². The molecule has 1 N–H and O–H groups in total. The van der Waals surface area contributed by atoms with Crippen LogP contribution in [-0.4, -0.2) is 41.4 Å². The summed E-state index contributed by atoms with van der Waals surface area (Å²) in [6.07, 6.45) is 2.91. The number of fused-ring (bicyclic) bond motifs is 3. The van der Waals surface area contributed by atoms with E-state index in [1.54, 1.807) is 56.9 Å². The molecule has 1 aromatic heterocycles. The molecule has 0 bridgehead atoms. The van der Waals surface area contributed by atoms with Gasteiger partial charge in [-0.1, -0.05) is 6.07 Å². The molecule has 0 radical (unpaired) electrons. The van der Waals surface area contributed by atoms with E-state index in [0.717, 1.165) is 21.4 Å². The molecule has 2 heterocycles. The first kappa shape index (κ1) is 17.5. The monoisotopic (exact) mass is 359 g/mol. The van der Waals surface area contributed by atoms with Crippen molar-refractivity contribution in [3.8, 4) is 0 Å². The molecule has 132 valence electrons. The highest BCUT2D eigenvalue weighted by molar-refractivity contribution is 7.99. The second-order valence-corrected chi connectivity index (χ2v) is 7.98. The summed E-state index contributed by atoms with van der Waals surface area (Å²) < 4.78 is 5.27. The number of pyridine rings is 1. The number of rotatable bonds is 1. The Hall–Kier alpha value is -2.28. The number of nitrogens with zero attached hydrogens (tertiary/aromatic N) is 2. The van der Waals surface area contributed by atoms with Crippen LogP contribution in [0.15, 0.2) is 35.5 Å². The highest BCUT2D eigenvalue weighted by Crippen LogP contribution is 2.39. The molecule has 7 heteroatoms. The van der Waals surface area contributed by atoms with Crippen molar-refractivity contribution >= 4 is 40.2 Å². The van der Waals surface area contributed by atoms with E-state index < -0.39 is 17.7 Å². The number of benzene rings is 1. The number of anilines is 1. The Balaban J connectivity index is 1.89.